The van der Waals surface area contributed by atoms with Crippen molar-refractivity contribution in [1.29, 1.82) is 0 Å². The minimum Gasteiger partial charge on any atom is -0.388 e. The van der Waals surface area contributed by atoms with Crippen molar-refractivity contribution in [1.82, 2.24) is 10.6 Å². The predicted molar refractivity (Wildman–Crippen MR) is 98.2 cm³/mol. The first-order valence-corrected chi connectivity index (χ1v) is 7.42. The average Bonchev–Trinajstić information content (AvgIpc) is 2.41. The lowest BCUT2D eigenvalue weighted by Gasteiger charge is -2.37. The third-order valence-corrected chi connectivity index (χ3v) is 3.88. The normalized spacial score (nSPS) is 16.6. The van der Waals surface area contributed by atoms with Gasteiger partial charge in [0.15, 0.2) is 5.96 Å². The van der Waals surface area contributed by atoms with Crippen molar-refractivity contribution in [3.8, 4) is 0 Å². The summed E-state index contributed by atoms with van der Waals surface area (Å²) >= 11 is 0. The fourth-order valence-electron chi connectivity index (χ4n) is 2.30. The average molecular weight is 403 g/mol. The van der Waals surface area contributed by atoms with Crippen molar-refractivity contribution in [3.05, 3.63) is 35.4 Å². The summed E-state index contributed by atoms with van der Waals surface area (Å²) in [5.74, 6) is 0.774. The van der Waals surface area contributed by atoms with E-state index in [-0.39, 0.29) is 24.0 Å². The second-order valence-electron chi connectivity index (χ2n) is 5.55. The van der Waals surface area contributed by atoms with E-state index in [1.54, 1.807) is 0 Å². The summed E-state index contributed by atoms with van der Waals surface area (Å²) < 4.78 is 0. The highest BCUT2D eigenvalue weighted by Crippen LogP contribution is 2.30. The zero-order valence-electron chi connectivity index (χ0n) is 12.9. The highest BCUT2D eigenvalue weighted by molar-refractivity contribution is 14.0. The topological polar surface area (TPSA) is 56.7 Å². The van der Waals surface area contributed by atoms with Crippen LogP contribution in [-0.2, 0) is 6.54 Å². The predicted octanol–water partition coefficient (Wildman–Crippen LogP) is 2.58. The van der Waals surface area contributed by atoms with Crippen LogP contribution >= 0.6 is 24.0 Å². The largest absolute Gasteiger partial charge is 0.388 e. The number of benzene rings is 1. The highest BCUT2D eigenvalue weighted by Gasteiger charge is 2.34. The van der Waals surface area contributed by atoms with E-state index >= 15 is 0 Å². The molecule has 0 bridgehead atoms. The molecule has 5 heteroatoms. The van der Waals surface area contributed by atoms with Crippen LogP contribution in [0.15, 0.2) is 29.3 Å². The van der Waals surface area contributed by atoms with Crippen LogP contribution in [0.4, 0.5) is 0 Å². The van der Waals surface area contributed by atoms with Crippen LogP contribution in [0.25, 0.3) is 0 Å². The lowest BCUT2D eigenvalue weighted by atomic mass is 9.80. The van der Waals surface area contributed by atoms with Gasteiger partial charge in [0.25, 0.3) is 0 Å². The number of aliphatic hydroxyl groups is 1. The monoisotopic (exact) mass is 403 g/mol. The van der Waals surface area contributed by atoms with Crippen LogP contribution in [0.5, 0.6) is 0 Å². The van der Waals surface area contributed by atoms with Gasteiger partial charge in [-0.15, -0.1) is 24.0 Å². The van der Waals surface area contributed by atoms with E-state index in [0.717, 1.165) is 31.8 Å². The van der Waals surface area contributed by atoms with E-state index in [0.29, 0.717) is 13.1 Å². The van der Waals surface area contributed by atoms with Crippen molar-refractivity contribution >= 4 is 29.9 Å². The van der Waals surface area contributed by atoms with Crippen molar-refractivity contribution in [3.63, 3.8) is 0 Å². The third kappa shape index (κ3) is 5.47. The molecule has 0 amide bonds. The number of guanidine groups is 1. The summed E-state index contributed by atoms with van der Waals surface area (Å²) in [6.45, 7) is 6.19. The van der Waals surface area contributed by atoms with Crippen LogP contribution < -0.4 is 10.6 Å². The number of rotatable bonds is 5. The molecule has 0 spiro atoms. The molecule has 0 aromatic heterocycles. The number of nitrogens with one attached hydrogen (secondary N) is 2. The summed E-state index contributed by atoms with van der Waals surface area (Å²) in [6.07, 6.45) is 2.89. The summed E-state index contributed by atoms with van der Waals surface area (Å²) in [5, 5.41) is 16.6. The first kappa shape index (κ1) is 18.2. The van der Waals surface area contributed by atoms with Crippen LogP contribution in [0, 0.1) is 6.92 Å². The maximum atomic E-state index is 10.1. The fraction of sp³-hybridized carbons (Fsp3) is 0.562. The lowest BCUT2D eigenvalue weighted by Crippen LogP contribution is -2.50. The molecule has 1 fully saturated rings. The Bertz CT molecular complexity index is 472. The zero-order valence-corrected chi connectivity index (χ0v) is 15.2. The Morgan fingerprint density at radius 2 is 2.00 bits per heavy atom. The van der Waals surface area contributed by atoms with Gasteiger partial charge in [-0.05, 0) is 44.2 Å². The molecule has 118 valence electrons. The molecule has 21 heavy (non-hydrogen) atoms. The van der Waals surface area contributed by atoms with Crippen LogP contribution in [0.1, 0.15) is 37.3 Å². The molecule has 4 nitrogen and oxygen atoms in total. The molecule has 0 unspecified atom stereocenters. The molecule has 0 aliphatic heterocycles. The third-order valence-electron chi connectivity index (χ3n) is 3.88. The van der Waals surface area contributed by atoms with Crippen LogP contribution in [-0.4, -0.2) is 29.8 Å². The van der Waals surface area contributed by atoms with Crippen LogP contribution in [0.3, 0.4) is 0 Å². The Labute approximate surface area is 144 Å². The second-order valence-corrected chi connectivity index (χ2v) is 5.55. The number of halogens is 1. The molecule has 0 radical (unpaired) electrons. The summed E-state index contributed by atoms with van der Waals surface area (Å²) in [6, 6.07) is 8.28. The summed E-state index contributed by atoms with van der Waals surface area (Å²) in [5.41, 5.74) is 1.95. The number of hydrogen-bond acceptors (Lipinski definition) is 2. The fourth-order valence-corrected chi connectivity index (χ4v) is 2.30. The highest BCUT2D eigenvalue weighted by atomic mass is 127. The van der Waals surface area contributed by atoms with Gasteiger partial charge in [-0.3, -0.25) is 0 Å². The Balaban J connectivity index is 0.00000220. The maximum absolute atomic E-state index is 10.1. The van der Waals surface area contributed by atoms with E-state index in [4.69, 9.17) is 0 Å². The van der Waals surface area contributed by atoms with Gasteiger partial charge in [0.1, 0.15) is 0 Å². The molecule has 2 rings (SSSR count). The molecular formula is C16H26IN3O. The quantitative estimate of drug-likeness (QED) is 0.403. The molecule has 0 saturated heterocycles. The van der Waals surface area contributed by atoms with Gasteiger partial charge < -0.3 is 15.7 Å². The van der Waals surface area contributed by atoms with E-state index in [1.165, 1.54) is 11.1 Å². The molecule has 1 saturated carbocycles. The molecule has 3 N–H and O–H groups in total. The van der Waals surface area contributed by atoms with Gasteiger partial charge >= 0.3 is 0 Å². The number of nitrogens with zero attached hydrogens (tertiary/aromatic N) is 1. The molecular weight excluding hydrogens is 377 g/mol. The molecule has 0 heterocycles. The Hall–Kier alpha value is -0.820. The van der Waals surface area contributed by atoms with Gasteiger partial charge in [0.2, 0.25) is 0 Å². The maximum Gasteiger partial charge on any atom is 0.191 e. The minimum atomic E-state index is -0.529. The van der Waals surface area contributed by atoms with E-state index in [2.05, 4.69) is 34.7 Å². The number of aliphatic imine (C=N–C) groups is 1. The number of aryl methyl sites for hydroxylation is 1. The van der Waals surface area contributed by atoms with E-state index in [1.807, 2.05) is 19.1 Å². The second kappa shape index (κ2) is 8.58. The van der Waals surface area contributed by atoms with E-state index < -0.39 is 5.60 Å². The first-order chi connectivity index (χ1) is 9.63. The Morgan fingerprint density at radius 3 is 2.57 bits per heavy atom. The smallest absolute Gasteiger partial charge is 0.191 e. The minimum absolute atomic E-state index is 0. The van der Waals surface area contributed by atoms with Crippen molar-refractivity contribution in [2.24, 2.45) is 4.99 Å². The molecule has 1 aliphatic carbocycles. The first-order valence-electron chi connectivity index (χ1n) is 7.42. The zero-order chi connectivity index (χ0) is 14.4. The van der Waals surface area contributed by atoms with Crippen molar-refractivity contribution < 1.29 is 5.11 Å². The van der Waals surface area contributed by atoms with Gasteiger partial charge in [0.05, 0.1) is 12.1 Å². The Kier molecular flexibility index (Phi) is 7.45. The molecule has 1 aliphatic rings. The Morgan fingerprint density at radius 1 is 1.29 bits per heavy atom. The standard InChI is InChI=1S/C16H25N3O.HI/c1-3-17-15(19-12-16(20)9-6-10-16)18-11-14-8-5-4-7-13(14)2;/h4-5,7-8,20H,3,6,9-12H2,1-2H3,(H2,17,18,19);1H. The molecule has 1 aromatic rings. The van der Waals surface area contributed by atoms with Crippen LogP contribution in [0.2, 0.25) is 0 Å². The molecule has 0 atom stereocenters. The van der Waals surface area contributed by atoms with E-state index in [9.17, 15) is 5.11 Å². The number of hydrogen-bond donors (Lipinski definition) is 3. The summed E-state index contributed by atoms with van der Waals surface area (Å²) in [4.78, 5) is 4.59. The summed E-state index contributed by atoms with van der Waals surface area (Å²) in [7, 11) is 0. The van der Waals surface area contributed by atoms with Crippen molar-refractivity contribution in [2.75, 3.05) is 13.1 Å². The lowest BCUT2D eigenvalue weighted by molar-refractivity contribution is -0.0279. The van der Waals surface area contributed by atoms with Gasteiger partial charge in [0, 0.05) is 13.1 Å². The van der Waals surface area contributed by atoms with Crippen molar-refractivity contribution in [2.45, 2.75) is 45.3 Å². The SMILES string of the molecule is CCNC(=NCc1ccccc1C)NCC1(O)CCC1.I. The molecule has 1 aromatic carbocycles. The van der Waals surface area contributed by atoms with Gasteiger partial charge in [-0.2, -0.15) is 0 Å². The van der Waals surface area contributed by atoms with Gasteiger partial charge in [-0.25, -0.2) is 4.99 Å². The van der Waals surface area contributed by atoms with Gasteiger partial charge in [-0.1, -0.05) is 24.3 Å².